The first-order valence-electron chi connectivity index (χ1n) is 5.05. The van der Waals surface area contributed by atoms with Crippen molar-refractivity contribution in [1.29, 1.82) is 0 Å². The van der Waals surface area contributed by atoms with Crippen LogP contribution in [0, 0.1) is 5.92 Å². The highest BCUT2D eigenvalue weighted by atomic mass is 32.1. The van der Waals surface area contributed by atoms with Crippen LogP contribution < -0.4 is 0 Å². The Morgan fingerprint density at radius 2 is 2.15 bits per heavy atom. The Kier molecular flexibility index (Phi) is 4.10. The Hall–Kier alpha value is -0.180. The van der Waals surface area contributed by atoms with E-state index < -0.39 is 0 Å². The molecule has 1 aliphatic rings. The summed E-state index contributed by atoms with van der Waals surface area (Å²) in [7, 11) is 0. The molecule has 3 heteroatoms. The van der Waals surface area contributed by atoms with E-state index in [4.69, 9.17) is 0 Å². The average Bonchev–Trinajstić information content (AvgIpc) is 2.09. The van der Waals surface area contributed by atoms with Crippen molar-refractivity contribution in [2.24, 2.45) is 5.92 Å². The van der Waals surface area contributed by atoms with Crippen LogP contribution in [0.5, 0.6) is 0 Å². The minimum absolute atomic E-state index is 0.272. The molecule has 0 saturated carbocycles. The molecule has 0 aliphatic carbocycles. The van der Waals surface area contributed by atoms with Gasteiger partial charge in [-0.15, -0.1) is 0 Å². The molecule has 13 heavy (non-hydrogen) atoms. The van der Waals surface area contributed by atoms with Gasteiger partial charge >= 0.3 is 0 Å². The normalized spacial score (nSPS) is 29.0. The Labute approximate surface area is 86.1 Å². The van der Waals surface area contributed by atoms with Gasteiger partial charge in [0.2, 0.25) is 5.91 Å². The van der Waals surface area contributed by atoms with Crippen LogP contribution in [-0.4, -0.2) is 29.1 Å². The van der Waals surface area contributed by atoms with E-state index in [0.29, 0.717) is 24.1 Å². The second kappa shape index (κ2) is 4.89. The van der Waals surface area contributed by atoms with E-state index in [9.17, 15) is 4.79 Å². The first kappa shape index (κ1) is 10.9. The number of amides is 1. The second-order valence-electron chi connectivity index (χ2n) is 4.05. The molecule has 1 fully saturated rings. The van der Waals surface area contributed by atoms with Crippen molar-refractivity contribution in [2.75, 3.05) is 12.3 Å². The molecule has 1 rings (SSSR count). The maximum Gasteiger partial charge on any atom is 0.223 e. The summed E-state index contributed by atoms with van der Waals surface area (Å²) in [4.78, 5) is 13.6. The topological polar surface area (TPSA) is 20.3 Å². The first-order valence-corrected chi connectivity index (χ1v) is 5.68. The predicted octanol–water partition coefficient (Wildman–Crippen LogP) is 1.95. The lowest BCUT2D eigenvalue weighted by Gasteiger charge is -2.36. The molecule has 2 nitrogen and oxygen atoms in total. The van der Waals surface area contributed by atoms with Crippen molar-refractivity contribution < 1.29 is 4.79 Å². The molecule has 0 aromatic rings. The minimum atomic E-state index is 0.272. The van der Waals surface area contributed by atoms with E-state index in [1.807, 2.05) is 4.90 Å². The molecular weight excluding hydrogens is 182 g/mol. The quantitative estimate of drug-likeness (QED) is 0.677. The van der Waals surface area contributed by atoms with Gasteiger partial charge in [-0.3, -0.25) is 4.79 Å². The van der Waals surface area contributed by atoms with E-state index in [1.54, 1.807) is 0 Å². The van der Waals surface area contributed by atoms with Gasteiger partial charge in [-0.2, -0.15) is 12.6 Å². The van der Waals surface area contributed by atoms with Gasteiger partial charge in [0, 0.05) is 19.0 Å². The molecule has 1 aliphatic heterocycles. The van der Waals surface area contributed by atoms with Gasteiger partial charge in [-0.05, 0) is 31.4 Å². The summed E-state index contributed by atoms with van der Waals surface area (Å²) in [5, 5.41) is 0. The van der Waals surface area contributed by atoms with E-state index >= 15 is 0 Å². The number of rotatable bonds is 2. The van der Waals surface area contributed by atoms with Crippen LogP contribution in [0.4, 0.5) is 0 Å². The molecule has 0 spiro atoms. The molecule has 1 heterocycles. The third-order valence-electron chi connectivity index (χ3n) is 2.76. The zero-order chi connectivity index (χ0) is 9.84. The highest BCUT2D eigenvalue weighted by Crippen LogP contribution is 2.21. The number of nitrogens with zero attached hydrogens (tertiary/aromatic N) is 1. The van der Waals surface area contributed by atoms with Gasteiger partial charge < -0.3 is 4.90 Å². The maximum absolute atomic E-state index is 11.6. The van der Waals surface area contributed by atoms with E-state index in [-0.39, 0.29) is 5.91 Å². The van der Waals surface area contributed by atoms with Gasteiger partial charge in [0.1, 0.15) is 0 Å². The molecule has 0 bridgehead atoms. The fourth-order valence-corrected chi connectivity index (χ4v) is 2.07. The molecule has 1 saturated heterocycles. The van der Waals surface area contributed by atoms with Crippen molar-refractivity contribution in [1.82, 2.24) is 4.90 Å². The number of piperidine rings is 1. The lowest BCUT2D eigenvalue weighted by atomic mass is 9.95. The fraction of sp³-hybridized carbons (Fsp3) is 0.900. The third kappa shape index (κ3) is 2.90. The van der Waals surface area contributed by atoms with Crippen LogP contribution in [0.3, 0.4) is 0 Å². The molecular formula is C10H19NOS. The molecule has 2 unspecified atom stereocenters. The smallest absolute Gasteiger partial charge is 0.223 e. The monoisotopic (exact) mass is 201 g/mol. The van der Waals surface area contributed by atoms with Crippen molar-refractivity contribution in [3.8, 4) is 0 Å². The van der Waals surface area contributed by atoms with Crippen LogP contribution in [-0.2, 0) is 4.79 Å². The second-order valence-corrected chi connectivity index (χ2v) is 4.50. The molecule has 1 amide bonds. The van der Waals surface area contributed by atoms with Crippen molar-refractivity contribution >= 4 is 18.5 Å². The highest BCUT2D eigenvalue weighted by Gasteiger charge is 2.25. The SMILES string of the molecule is CC1CCC(C)N(C(=O)CCS)C1. The van der Waals surface area contributed by atoms with Crippen LogP contribution in [0.2, 0.25) is 0 Å². The molecule has 0 aromatic heterocycles. The Morgan fingerprint density at radius 3 is 2.77 bits per heavy atom. The van der Waals surface area contributed by atoms with Gasteiger partial charge in [0.05, 0.1) is 0 Å². The number of carbonyl (C=O) groups is 1. The van der Waals surface area contributed by atoms with E-state index in [1.165, 1.54) is 6.42 Å². The van der Waals surface area contributed by atoms with Crippen LogP contribution >= 0.6 is 12.6 Å². The summed E-state index contributed by atoms with van der Waals surface area (Å²) in [6.07, 6.45) is 2.99. The summed E-state index contributed by atoms with van der Waals surface area (Å²) in [5.74, 6) is 1.60. The van der Waals surface area contributed by atoms with Crippen LogP contribution in [0.1, 0.15) is 33.1 Å². The first-order chi connectivity index (χ1) is 6.15. The van der Waals surface area contributed by atoms with Crippen molar-refractivity contribution in [3.05, 3.63) is 0 Å². The van der Waals surface area contributed by atoms with E-state index in [0.717, 1.165) is 13.0 Å². The number of thiol groups is 1. The zero-order valence-electron chi connectivity index (χ0n) is 8.49. The average molecular weight is 201 g/mol. The predicted molar refractivity (Wildman–Crippen MR) is 58.0 cm³/mol. The lowest BCUT2D eigenvalue weighted by Crippen LogP contribution is -2.44. The summed E-state index contributed by atoms with van der Waals surface area (Å²) >= 11 is 4.08. The molecule has 2 atom stereocenters. The summed E-state index contributed by atoms with van der Waals surface area (Å²) < 4.78 is 0. The summed E-state index contributed by atoms with van der Waals surface area (Å²) in [6, 6.07) is 0.434. The van der Waals surface area contributed by atoms with Gasteiger partial charge in [-0.1, -0.05) is 6.92 Å². The standard InChI is InChI=1S/C10H19NOS/c1-8-3-4-9(2)11(7-8)10(12)5-6-13/h8-9,13H,3-7H2,1-2H3. The number of hydrogen-bond donors (Lipinski definition) is 1. The Bertz CT molecular complexity index is 184. The maximum atomic E-state index is 11.6. The van der Waals surface area contributed by atoms with E-state index in [2.05, 4.69) is 26.5 Å². The van der Waals surface area contributed by atoms with Crippen molar-refractivity contribution in [2.45, 2.75) is 39.2 Å². The number of hydrogen-bond acceptors (Lipinski definition) is 2. The van der Waals surface area contributed by atoms with Gasteiger partial charge in [-0.25, -0.2) is 0 Å². The van der Waals surface area contributed by atoms with Gasteiger partial charge in [0.25, 0.3) is 0 Å². The minimum Gasteiger partial charge on any atom is -0.340 e. The summed E-state index contributed by atoms with van der Waals surface area (Å²) in [5.41, 5.74) is 0. The zero-order valence-corrected chi connectivity index (χ0v) is 9.39. The fourth-order valence-electron chi connectivity index (χ4n) is 1.88. The molecule has 0 radical (unpaired) electrons. The highest BCUT2D eigenvalue weighted by molar-refractivity contribution is 7.80. The Balaban J connectivity index is 2.50. The van der Waals surface area contributed by atoms with Gasteiger partial charge in [0.15, 0.2) is 0 Å². The molecule has 0 N–H and O–H groups in total. The Morgan fingerprint density at radius 1 is 1.46 bits per heavy atom. The van der Waals surface area contributed by atoms with Crippen LogP contribution in [0.25, 0.3) is 0 Å². The van der Waals surface area contributed by atoms with Crippen molar-refractivity contribution in [3.63, 3.8) is 0 Å². The largest absolute Gasteiger partial charge is 0.340 e. The third-order valence-corrected chi connectivity index (χ3v) is 2.99. The molecule has 0 aromatic carbocycles. The lowest BCUT2D eigenvalue weighted by molar-refractivity contribution is -0.134. The number of carbonyl (C=O) groups excluding carboxylic acids is 1. The summed E-state index contributed by atoms with van der Waals surface area (Å²) in [6.45, 7) is 5.29. The molecule has 76 valence electrons. The van der Waals surface area contributed by atoms with Crippen LogP contribution in [0.15, 0.2) is 0 Å². The number of likely N-dealkylation sites (tertiary alicyclic amines) is 1.